The molecule has 0 fully saturated rings. The highest BCUT2D eigenvalue weighted by Crippen LogP contribution is 2.22. The number of H-pyrrole nitrogens is 1. The summed E-state index contributed by atoms with van der Waals surface area (Å²) in [6, 6.07) is 1.03. The van der Waals surface area contributed by atoms with Crippen molar-refractivity contribution in [3.63, 3.8) is 0 Å². The van der Waals surface area contributed by atoms with Crippen LogP contribution in [0, 0.1) is 0 Å². The number of ether oxygens (including phenoxy) is 1. The Morgan fingerprint density at radius 3 is 2.72 bits per heavy atom. The number of aromatic amines is 1. The lowest BCUT2D eigenvalue weighted by atomic mass is 10.1. The first-order valence-corrected chi connectivity index (χ1v) is 5.38. The van der Waals surface area contributed by atoms with Gasteiger partial charge in [-0.15, -0.1) is 0 Å². The Morgan fingerprint density at radius 2 is 2.22 bits per heavy atom. The minimum absolute atomic E-state index is 0.0536. The van der Waals surface area contributed by atoms with Gasteiger partial charge in [0.25, 0.3) is 12.0 Å². The number of rotatable bonds is 5. The molecule has 0 saturated carbocycles. The second-order valence-electron chi connectivity index (χ2n) is 3.54. The van der Waals surface area contributed by atoms with Crippen molar-refractivity contribution < 1.29 is 18.3 Å². The van der Waals surface area contributed by atoms with Gasteiger partial charge in [-0.1, -0.05) is 0 Å². The zero-order chi connectivity index (χ0) is 13.7. The molecule has 7 heteroatoms. The highest BCUT2D eigenvalue weighted by molar-refractivity contribution is 5.72. The SMILES string of the molecule is CCOC(=O)Cc1[nH]c(=O)c(CN)cc1C(F)F. The Hall–Kier alpha value is -1.76. The number of carbonyl (C=O) groups excluding carboxylic acids is 1. The molecule has 0 amide bonds. The number of hydrogen-bond donors (Lipinski definition) is 2. The van der Waals surface area contributed by atoms with Crippen LogP contribution in [-0.2, 0) is 22.5 Å². The van der Waals surface area contributed by atoms with Crippen LogP contribution in [0.25, 0.3) is 0 Å². The van der Waals surface area contributed by atoms with E-state index in [0.29, 0.717) is 0 Å². The van der Waals surface area contributed by atoms with Gasteiger partial charge >= 0.3 is 5.97 Å². The van der Waals surface area contributed by atoms with Crippen LogP contribution < -0.4 is 11.3 Å². The van der Waals surface area contributed by atoms with Crippen LogP contribution in [0.1, 0.15) is 30.2 Å². The number of nitrogens with two attached hydrogens (primary N) is 1. The van der Waals surface area contributed by atoms with Gasteiger partial charge in [-0.25, -0.2) is 8.78 Å². The maximum Gasteiger partial charge on any atom is 0.311 e. The van der Waals surface area contributed by atoms with Crippen LogP contribution in [0.3, 0.4) is 0 Å². The molecular formula is C11H14F2N2O3. The van der Waals surface area contributed by atoms with Crippen molar-refractivity contribution in [2.24, 2.45) is 5.73 Å². The number of esters is 1. The van der Waals surface area contributed by atoms with Gasteiger partial charge in [0.1, 0.15) is 0 Å². The van der Waals surface area contributed by atoms with Gasteiger partial charge in [-0.05, 0) is 13.0 Å². The lowest BCUT2D eigenvalue weighted by Crippen LogP contribution is -2.21. The maximum absolute atomic E-state index is 12.8. The van der Waals surface area contributed by atoms with Crippen LogP contribution in [0.15, 0.2) is 10.9 Å². The Bertz CT molecular complexity index is 486. The van der Waals surface area contributed by atoms with Crippen LogP contribution in [0.4, 0.5) is 8.78 Å². The smallest absolute Gasteiger partial charge is 0.311 e. The van der Waals surface area contributed by atoms with E-state index < -0.39 is 29.9 Å². The average Bonchev–Trinajstić information content (AvgIpc) is 2.29. The predicted molar refractivity (Wildman–Crippen MR) is 60.2 cm³/mol. The number of halogens is 2. The molecule has 0 aliphatic heterocycles. The molecule has 5 nitrogen and oxygen atoms in total. The number of carbonyl (C=O) groups is 1. The van der Waals surface area contributed by atoms with Gasteiger partial charge in [-0.2, -0.15) is 0 Å². The topological polar surface area (TPSA) is 85.2 Å². The number of hydrogen-bond acceptors (Lipinski definition) is 4. The van der Waals surface area contributed by atoms with Crippen molar-refractivity contribution in [3.8, 4) is 0 Å². The molecule has 0 bridgehead atoms. The monoisotopic (exact) mass is 260 g/mol. The summed E-state index contributed by atoms with van der Waals surface area (Å²) in [6.45, 7) is 1.61. The summed E-state index contributed by atoms with van der Waals surface area (Å²) < 4.78 is 30.2. The molecular weight excluding hydrogens is 246 g/mol. The molecule has 1 aromatic heterocycles. The van der Waals surface area contributed by atoms with E-state index in [-0.39, 0.29) is 24.4 Å². The molecule has 0 unspecified atom stereocenters. The van der Waals surface area contributed by atoms with Crippen LogP contribution in [-0.4, -0.2) is 17.6 Å². The fourth-order valence-electron chi connectivity index (χ4n) is 1.48. The zero-order valence-electron chi connectivity index (χ0n) is 9.83. The first-order chi connectivity index (χ1) is 8.49. The molecule has 1 heterocycles. The van der Waals surface area contributed by atoms with E-state index in [1.54, 1.807) is 6.92 Å². The third-order valence-electron chi connectivity index (χ3n) is 2.32. The second kappa shape index (κ2) is 6.25. The third-order valence-corrected chi connectivity index (χ3v) is 2.32. The fourth-order valence-corrected chi connectivity index (χ4v) is 1.48. The molecule has 18 heavy (non-hydrogen) atoms. The van der Waals surface area contributed by atoms with Crippen molar-refractivity contribution >= 4 is 5.97 Å². The van der Waals surface area contributed by atoms with Gasteiger partial charge in [0, 0.05) is 23.4 Å². The Labute approximate surface area is 102 Å². The summed E-state index contributed by atoms with van der Waals surface area (Å²) >= 11 is 0. The summed E-state index contributed by atoms with van der Waals surface area (Å²) in [5, 5.41) is 0. The van der Waals surface area contributed by atoms with Crippen molar-refractivity contribution in [2.45, 2.75) is 26.3 Å². The Kier molecular flexibility index (Phi) is 4.96. The van der Waals surface area contributed by atoms with Gasteiger partial charge < -0.3 is 15.5 Å². The summed E-state index contributed by atoms with van der Waals surface area (Å²) in [4.78, 5) is 24.9. The van der Waals surface area contributed by atoms with E-state index in [1.165, 1.54) is 0 Å². The van der Waals surface area contributed by atoms with E-state index in [9.17, 15) is 18.4 Å². The molecule has 0 radical (unpaired) electrons. The maximum atomic E-state index is 12.8. The summed E-state index contributed by atoms with van der Waals surface area (Å²) in [6.07, 6.45) is -3.19. The summed E-state index contributed by atoms with van der Waals surface area (Å²) in [5.41, 5.74) is 4.21. The molecule has 0 spiro atoms. The van der Waals surface area contributed by atoms with Gasteiger partial charge in [0.05, 0.1) is 13.0 Å². The number of aromatic nitrogens is 1. The van der Waals surface area contributed by atoms with Gasteiger partial charge in [-0.3, -0.25) is 9.59 Å². The zero-order valence-corrected chi connectivity index (χ0v) is 9.83. The van der Waals surface area contributed by atoms with E-state index in [2.05, 4.69) is 9.72 Å². The molecule has 3 N–H and O–H groups in total. The highest BCUT2D eigenvalue weighted by atomic mass is 19.3. The standard InChI is InChI=1S/C11H14F2N2O3/c1-2-18-9(16)4-8-7(10(12)13)3-6(5-14)11(17)15-8/h3,10H,2,4-5,14H2,1H3,(H,15,17). The Balaban J connectivity index is 3.13. The van der Waals surface area contributed by atoms with Crippen molar-refractivity contribution in [3.05, 3.63) is 33.2 Å². The molecule has 1 rings (SSSR count). The third kappa shape index (κ3) is 3.36. The average molecular weight is 260 g/mol. The summed E-state index contributed by atoms with van der Waals surface area (Å²) in [5.74, 6) is -0.671. The van der Waals surface area contributed by atoms with Gasteiger partial charge in [0.15, 0.2) is 0 Å². The highest BCUT2D eigenvalue weighted by Gasteiger charge is 2.18. The molecule has 0 atom stereocenters. The first-order valence-electron chi connectivity index (χ1n) is 5.38. The molecule has 1 aromatic rings. The molecule has 0 aromatic carbocycles. The van der Waals surface area contributed by atoms with Crippen molar-refractivity contribution in [1.82, 2.24) is 4.98 Å². The van der Waals surface area contributed by atoms with E-state index in [1.807, 2.05) is 0 Å². The lowest BCUT2D eigenvalue weighted by molar-refractivity contribution is -0.142. The van der Waals surface area contributed by atoms with Crippen LogP contribution in [0.2, 0.25) is 0 Å². The minimum Gasteiger partial charge on any atom is -0.466 e. The molecule has 0 aliphatic carbocycles. The fraction of sp³-hybridized carbons (Fsp3) is 0.455. The first kappa shape index (κ1) is 14.3. The molecule has 100 valence electrons. The van der Waals surface area contributed by atoms with Gasteiger partial charge in [0.2, 0.25) is 0 Å². The van der Waals surface area contributed by atoms with Crippen molar-refractivity contribution in [1.29, 1.82) is 0 Å². The predicted octanol–water partition coefficient (Wildman–Crippen LogP) is 0.877. The number of nitrogens with one attached hydrogen (secondary N) is 1. The van der Waals surface area contributed by atoms with E-state index in [0.717, 1.165) is 6.07 Å². The quantitative estimate of drug-likeness (QED) is 0.769. The van der Waals surface area contributed by atoms with E-state index >= 15 is 0 Å². The normalized spacial score (nSPS) is 10.7. The van der Waals surface area contributed by atoms with Crippen molar-refractivity contribution in [2.75, 3.05) is 6.61 Å². The minimum atomic E-state index is -2.79. The Morgan fingerprint density at radius 1 is 1.56 bits per heavy atom. The number of alkyl halides is 2. The van der Waals surface area contributed by atoms with Crippen LogP contribution in [0.5, 0.6) is 0 Å². The number of pyridine rings is 1. The van der Waals surface area contributed by atoms with E-state index in [4.69, 9.17) is 5.73 Å². The van der Waals surface area contributed by atoms with Crippen LogP contribution >= 0.6 is 0 Å². The lowest BCUT2D eigenvalue weighted by Gasteiger charge is -2.09. The molecule has 0 saturated heterocycles. The summed E-state index contributed by atoms with van der Waals surface area (Å²) in [7, 11) is 0. The molecule has 0 aliphatic rings. The second-order valence-corrected chi connectivity index (χ2v) is 3.54. The largest absolute Gasteiger partial charge is 0.466 e.